The summed E-state index contributed by atoms with van der Waals surface area (Å²) in [4.78, 5) is 10.8. The monoisotopic (exact) mass is 236 g/mol. The molecule has 1 atom stereocenters. The van der Waals surface area contributed by atoms with E-state index >= 15 is 0 Å². The van der Waals surface area contributed by atoms with Gasteiger partial charge in [0.05, 0.1) is 20.3 Å². The van der Waals surface area contributed by atoms with Gasteiger partial charge in [0.25, 0.3) is 0 Å². The first-order chi connectivity index (χ1) is 8.20. The minimum Gasteiger partial charge on any atom is -0.497 e. The van der Waals surface area contributed by atoms with E-state index in [1.165, 1.54) is 0 Å². The van der Waals surface area contributed by atoms with Gasteiger partial charge in [-0.1, -0.05) is 0 Å². The zero-order valence-electron chi connectivity index (χ0n) is 9.73. The molecule has 0 saturated heterocycles. The van der Waals surface area contributed by atoms with Gasteiger partial charge in [0.1, 0.15) is 11.5 Å². The van der Waals surface area contributed by atoms with Gasteiger partial charge in [0.15, 0.2) is 0 Å². The molecule has 0 radical (unpaired) electrons. The second kappa shape index (κ2) is 5.05. The molecule has 17 heavy (non-hydrogen) atoms. The molecule has 1 aromatic carbocycles. The van der Waals surface area contributed by atoms with Crippen molar-refractivity contribution in [2.24, 2.45) is 5.73 Å². The molecule has 92 valence electrons. The number of ether oxygens (including phenoxy) is 2. The topological polar surface area (TPSA) is 73.6 Å². The average Bonchev–Trinajstić information content (AvgIpc) is 2.35. The molecule has 5 nitrogen and oxygen atoms in total. The van der Waals surface area contributed by atoms with Gasteiger partial charge in [-0.2, -0.15) is 0 Å². The molecular formula is C12H16N2O3. The summed E-state index contributed by atoms with van der Waals surface area (Å²) in [5, 5.41) is 3.12. The quantitative estimate of drug-likeness (QED) is 0.802. The Labute approximate surface area is 99.9 Å². The smallest absolute Gasteiger partial charge is 0.231 e. The van der Waals surface area contributed by atoms with Crippen LogP contribution in [0.2, 0.25) is 0 Å². The highest BCUT2D eigenvalue weighted by Crippen LogP contribution is 2.34. The van der Waals surface area contributed by atoms with Gasteiger partial charge >= 0.3 is 0 Å². The third-order valence-corrected chi connectivity index (χ3v) is 2.78. The standard InChI is InChI=1S/C12H16N2O3/c1-16-8-2-3-11-9(6-8)10(4-5-17-11)14-7-12(13)15/h2-3,6,10,14H,4-5,7H2,1H3,(H2,13,15). The van der Waals surface area contributed by atoms with Crippen molar-refractivity contribution >= 4 is 5.91 Å². The van der Waals surface area contributed by atoms with Crippen molar-refractivity contribution in [3.05, 3.63) is 23.8 Å². The van der Waals surface area contributed by atoms with Crippen LogP contribution in [-0.4, -0.2) is 26.2 Å². The minimum absolute atomic E-state index is 0.0846. The Kier molecular flexibility index (Phi) is 3.49. The maximum atomic E-state index is 10.8. The van der Waals surface area contributed by atoms with Crippen LogP contribution in [-0.2, 0) is 4.79 Å². The van der Waals surface area contributed by atoms with Gasteiger partial charge < -0.3 is 20.5 Å². The predicted molar refractivity (Wildman–Crippen MR) is 63.0 cm³/mol. The van der Waals surface area contributed by atoms with Crippen LogP contribution >= 0.6 is 0 Å². The van der Waals surface area contributed by atoms with Crippen LogP contribution in [0.25, 0.3) is 0 Å². The third-order valence-electron chi connectivity index (χ3n) is 2.78. The fourth-order valence-corrected chi connectivity index (χ4v) is 1.94. The van der Waals surface area contributed by atoms with Crippen LogP contribution in [0.5, 0.6) is 11.5 Å². The van der Waals surface area contributed by atoms with Gasteiger partial charge in [-0.25, -0.2) is 0 Å². The Bertz CT molecular complexity index is 420. The van der Waals surface area contributed by atoms with Gasteiger partial charge in [-0.3, -0.25) is 4.79 Å². The van der Waals surface area contributed by atoms with Crippen LogP contribution in [0, 0.1) is 0 Å². The minimum atomic E-state index is -0.360. The fourth-order valence-electron chi connectivity index (χ4n) is 1.94. The van der Waals surface area contributed by atoms with Crippen LogP contribution < -0.4 is 20.5 Å². The molecule has 1 amide bonds. The normalized spacial score (nSPS) is 18.1. The SMILES string of the molecule is COc1ccc2c(c1)C(NCC(N)=O)CCO2. The molecule has 0 aromatic heterocycles. The van der Waals surface area contributed by atoms with Crippen molar-refractivity contribution in [1.29, 1.82) is 0 Å². The van der Waals surface area contributed by atoms with Crippen LogP contribution in [0.3, 0.4) is 0 Å². The van der Waals surface area contributed by atoms with E-state index in [1.54, 1.807) is 7.11 Å². The number of fused-ring (bicyclic) bond motifs is 1. The molecule has 0 bridgehead atoms. The highest BCUT2D eigenvalue weighted by Gasteiger charge is 2.21. The van der Waals surface area contributed by atoms with Gasteiger partial charge in [-0.15, -0.1) is 0 Å². The summed E-state index contributed by atoms with van der Waals surface area (Å²) in [6, 6.07) is 5.75. The lowest BCUT2D eigenvalue weighted by Crippen LogP contribution is -2.34. The summed E-state index contributed by atoms with van der Waals surface area (Å²) in [6.07, 6.45) is 0.813. The van der Waals surface area contributed by atoms with Crippen molar-refractivity contribution in [2.45, 2.75) is 12.5 Å². The van der Waals surface area contributed by atoms with Gasteiger partial charge in [-0.05, 0) is 18.2 Å². The molecule has 5 heteroatoms. The van der Waals surface area contributed by atoms with Gasteiger partial charge in [0.2, 0.25) is 5.91 Å². The third kappa shape index (κ3) is 2.68. The first-order valence-electron chi connectivity index (χ1n) is 5.53. The summed E-state index contributed by atoms with van der Waals surface area (Å²) < 4.78 is 10.7. The first-order valence-corrected chi connectivity index (χ1v) is 5.53. The lowest BCUT2D eigenvalue weighted by Gasteiger charge is -2.26. The Morgan fingerprint density at radius 3 is 3.18 bits per heavy atom. The van der Waals surface area contributed by atoms with E-state index in [9.17, 15) is 4.79 Å². The zero-order chi connectivity index (χ0) is 12.3. The lowest BCUT2D eigenvalue weighted by atomic mass is 10.0. The molecule has 1 aliphatic heterocycles. The van der Waals surface area contributed by atoms with E-state index in [4.69, 9.17) is 15.2 Å². The molecule has 0 fully saturated rings. The molecule has 1 heterocycles. The molecule has 2 rings (SSSR count). The second-order valence-electron chi connectivity index (χ2n) is 3.94. The number of rotatable bonds is 4. The van der Waals surface area contributed by atoms with E-state index in [0.29, 0.717) is 6.61 Å². The molecule has 0 saturated carbocycles. The second-order valence-corrected chi connectivity index (χ2v) is 3.94. The number of carbonyl (C=O) groups is 1. The van der Waals surface area contributed by atoms with Crippen LogP contribution in [0.4, 0.5) is 0 Å². The molecule has 3 N–H and O–H groups in total. The Morgan fingerprint density at radius 2 is 2.47 bits per heavy atom. The van der Waals surface area contributed by atoms with E-state index in [-0.39, 0.29) is 18.5 Å². The number of primary amides is 1. The zero-order valence-corrected chi connectivity index (χ0v) is 9.73. The van der Waals surface area contributed by atoms with E-state index < -0.39 is 0 Å². The summed E-state index contributed by atoms with van der Waals surface area (Å²) >= 11 is 0. The Morgan fingerprint density at radius 1 is 1.65 bits per heavy atom. The van der Waals surface area contributed by atoms with Crippen LogP contribution in [0.15, 0.2) is 18.2 Å². The molecule has 1 unspecified atom stereocenters. The number of amides is 1. The number of methoxy groups -OCH3 is 1. The summed E-state index contributed by atoms with van der Waals surface area (Å²) in [5.74, 6) is 1.25. The average molecular weight is 236 g/mol. The number of benzene rings is 1. The lowest BCUT2D eigenvalue weighted by molar-refractivity contribution is -0.117. The predicted octanol–water partition coefficient (Wildman–Crippen LogP) is 0.594. The van der Waals surface area contributed by atoms with Crippen molar-refractivity contribution in [3.8, 4) is 11.5 Å². The van der Waals surface area contributed by atoms with Crippen molar-refractivity contribution in [2.75, 3.05) is 20.3 Å². The maximum Gasteiger partial charge on any atom is 0.231 e. The van der Waals surface area contributed by atoms with Crippen LogP contribution in [0.1, 0.15) is 18.0 Å². The number of nitrogens with one attached hydrogen (secondary N) is 1. The fraction of sp³-hybridized carbons (Fsp3) is 0.417. The number of carbonyl (C=O) groups excluding carboxylic acids is 1. The van der Waals surface area contributed by atoms with E-state index in [2.05, 4.69) is 5.32 Å². The number of hydrogen-bond donors (Lipinski definition) is 2. The summed E-state index contributed by atoms with van der Waals surface area (Å²) in [7, 11) is 1.62. The van der Waals surface area contributed by atoms with Crippen molar-refractivity contribution in [1.82, 2.24) is 5.32 Å². The largest absolute Gasteiger partial charge is 0.497 e. The first kappa shape index (κ1) is 11.7. The Hall–Kier alpha value is -1.75. The number of hydrogen-bond acceptors (Lipinski definition) is 4. The van der Waals surface area contributed by atoms with Crippen molar-refractivity contribution in [3.63, 3.8) is 0 Å². The Balaban J connectivity index is 2.19. The van der Waals surface area contributed by atoms with Gasteiger partial charge in [0, 0.05) is 18.0 Å². The molecule has 1 aliphatic rings. The molecule has 1 aromatic rings. The number of nitrogens with two attached hydrogens (primary N) is 1. The highest BCUT2D eigenvalue weighted by atomic mass is 16.5. The maximum absolute atomic E-state index is 10.8. The molecule has 0 aliphatic carbocycles. The molecule has 0 spiro atoms. The van der Waals surface area contributed by atoms with E-state index in [0.717, 1.165) is 23.5 Å². The van der Waals surface area contributed by atoms with E-state index in [1.807, 2.05) is 18.2 Å². The summed E-state index contributed by atoms with van der Waals surface area (Å²) in [5.41, 5.74) is 6.14. The van der Waals surface area contributed by atoms with Crippen molar-refractivity contribution < 1.29 is 14.3 Å². The highest BCUT2D eigenvalue weighted by molar-refractivity contribution is 5.76. The molecular weight excluding hydrogens is 220 g/mol. The summed E-state index contributed by atoms with van der Waals surface area (Å²) in [6.45, 7) is 0.803.